The minimum absolute atomic E-state index is 0.684. The lowest BCUT2D eigenvalue weighted by Gasteiger charge is -2.19. The largest absolute Gasteiger partial charge is 0.335 e. The van der Waals surface area contributed by atoms with Crippen LogP contribution in [-0.2, 0) is 26.2 Å². The number of unbranched alkanes of at least 4 members (excludes halogenated alkanes) is 10. The molecule has 0 atom stereocenters. The van der Waals surface area contributed by atoms with Crippen LogP contribution >= 0.6 is 0 Å². The summed E-state index contributed by atoms with van der Waals surface area (Å²) in [5, 5.41) is 8.71. The molecule has 0 saturated carbocycles. The van der Waals surface area contributed by atoms with E-state index in [-0.39, 0.29) is 0 Å². The van der Waals surface area contributed by atoms with Crippen LogP contribution in [0, 0.1) is 24.8 Å². The van der Waals surface area contributed by atoms with Gasteiger partial charge < -0.3 is 4.90 Å². The van der Waals surface area contributed by atoms with Gasteiger partial charge >= 0.3 is 0 Å². The Labute approximate surface area is 424 Å². The molecule has 0 spiro atoms. The number of nitrogens with zero attached hydrogens (tertiary/aromatic N) is 6. The number of rotatable bonds is 26. The van der Waals surface area contributed by atoms with Crippen LogP contribution < -0.4 is 23.2 Å². The molecule has 6 aromatic rings. The first-order valence-corrected chi connectivity index (χ1v) is 26.2. The molecule has 368 valence electrons. The van der Waals surface area contributed by atoms with Crippen LogP contribution in [0.4, 0.5) is 5.69 Å². The summed E-state index contributed by atoms with van der Waals surface area (Å²) >= 11 is 0. The fourth-order valence-electron chi connectivity index (χ4n) is 7.84. The van der Waals surface area contributed by atoms with Gasteiger partial charge in [0.15, 0.2) is 68.4 Å². The van der Waals surface area contributed by atoms with Gasteiger partial charge in [0.05, 0.1) is 37.8 Å². The van der Waals surface area contributed by atoms with Crippen molar-refractivity contribution in [1.29, 1.82) is 5.26 Å². The van der Waals surface area contributed by atoms with E-state index < -0.39 is 0 Å². The van der Waals surface area contributed by atoms with Crippen molar-refractivity contribution in [2.75, 3.05) is 19.6 Å². The third-order valence-electron chi connectivity index (χ3n) is 12.3. The highest BCUT2D eigenvalue weighted by Gasteiger charge is 2.08. The number of hydrogen-bond acceptors (Lipinski definition) is 1. The summed E-state index contributed by atoms with van der Waals surface area (Å²) in [6.45, 7) is 31.5. The van der Waals surface area contributed by atoms with E-state index in [9.17, 15) is 0 Å². The van der Waals surface area contributed by atoms with Gasteiger partial charge in [0, 0.05) is 72.5 Å². The summed E-state index contributed by atoms with van der Waals surface area (Å²) in [6.07, 6.45) is 39.3. The molecule has 0 aliphatic rings. The predicted octanol–water partition coefficient (Wildman–Crippen LogP) is 12.4. The lowest BCUT2D eigenvalue weighted by atomic mass is 10.1. The molecule has 7 heteroatoms. The zero-order chi connectivity index (χ0) is 50.3. The second-order valence-corrected chi connectivity index (χ2v) is 18.2. The molecule has 0 aliphatic heterocycles. The maximum atomic E-state index is 8.71. The van der Waals surface area contributed by atoms with E-state index in [1.54, 1.807) is 0 Å². The van der Waals surface area contributed by atoms with Gasteiger partial charge in [-0.05, 0) is 62.1 Å². The number of nitriles is 1. The second kappa shape index (κ2) is 37.4. The van der Waals surface area contributed by atoms with Crippen LogP contribution in [0.1, 0.15) is 144 Å². The van der Waals surface area contributed by atoms with E-state index in [1.165, 1.54) is 113 Å². The minimum Gasteiger partial charge on any atom is -0.335 e. The molecule has 4 heterocycles. The van der Waals surface area contributed by atoms with Gasteiger partial charge in [-0.25, -0.2) is 23.1 Å². The lowest BCUT2D eigenvalue weighted by molar-refractivity contribution is -0.900. The minimum atomic E-state index is 0.684. The molecule has 0 aliphatic carbocycles. The molecule has 0 radical (unpaired) electrons. The highest BCUT2D eigenvalue weighted by atomic mass is 15.1. The molecule has 4 aromatic heterocycles. The van der Waals surface area contributed by atoms with Crippen molar-refractivity contribution >= 4 is 17.8 Å². The Hall–Kier alpha value is -6.54. The quantitative estimate of drug-likeness (QED) is 0.0329. The second-order valence-electron chi connectivity index (χ2n) is 18.2. The molecule has 0 bridgehead atoms. The molecule has 0 saturated heterocycles. The van der Waals surface area contributed by atoms with Crippen LogP contribution in [-0.4, -0.2) is 19.6 Å². The molecular formula is C63H86N7+5. The van der Waals surface area contributed by atoms with Crippen LogP contribution in [0.2, 0.25) is 0 Å². The summed E-state index contributed by atoms with van der Waals surface area (Å²) in [5.41, 5.74) is 7.50. The average molecular weight is 941 g/mol. The Morgan fingerprint density at radius 1 is 0.500 bits per heavy atom. The Morgan fingerprint density at radius 3 is 1.29 bits per heavy atom. The van der Waals surface area contributed by atoms with E-state index >= 15 is 0 Å². The van der Waals surface area contributed by atoms with Crippen LogP contribution in [0.15, 0.2) is 166 Å². The van der Waals surface area contributed by atoms with Crippen molar-refractivity contribution in [2.24, 2.45) is 0 Å². The first kappa shape index (κ1) is 57.8. The highest BCUT2D eigenvalue weighted by molar-refractivity contribution is 5.47. The highest BCUT2D eigenvalue weighted by Crippen LogP contribution is 2.08. The molecule has 0 fully saturated rings. The van der Waals surface area contributed by atoms with Crippen molar-refractivity contribution in [3.05, 3.63) is 211 Å². The average Bonchev–Trinajstić information content (AvgIpc) is 3.41. The summed E-state index contributed by atoms with van der Waals surface area (Å²) in [7, 11) is 0. The number of hydrogen-bond donors (Lipinski definition) is 1. The van der Waals surface area contributed by atoms with Gasteiger partial charge in [0.25, 0.3) is 0 Å². The van der Waals surface area contributed by atoms with Gasteiger partial charge in [-0.1, -0.05) is 139 Å². The SMILES string of the molecule is C=Cc1ccc(C[n+]2ccc(C#N)cc2)cc1.C=Cc1ccc(C[n+]2ccccc2)cc1.CCCCCC[NH+](CCCCCC)CCCCCC.[C-]#[N+]c1cc[n+](CCCC[n+]2ccc(C)cc2)cc1. The maximum Gasteiger partial charge on any atom is 0.198 e. The smallest absolute Gasteiger partial charge is 0.198 e. The Bertz CT molecular complexity index is 2300. The first-order chi connectivity index (χ1) is 34.3. The van der Waals surface area contributed by atoms with Crippen molar-refractivity contribution in [1.82, 2.24) is 0 Å². The van der Waals surface area contributed by atoms with Gasteiger partial charge in [0.2, 0.25) is 0 Å². The third kappa shape index (κ3) is 26.3. The molecule has 7 nitrogen and oxygen atoms in total. The summed E-state index contributed by atoms with van der Waals surface area (Å²) in [4.78, 5) is 5.28. The summed E-state index contributed by atoms with van der Waals surface area (Å²) in [6, 6.07) is 36.6. The number of aryl methyl sites for hydroxylation is 3. The molecule has 6 rings (SSSR count). The van der Waals surface area contributed by atoms with Crippen LogP contribution in [0.3, 0.4) is 0 Å². The van der Waals surface area contributed by atoms with Crippen molar-refractivity contribution < 1.29 is 23.2 Å². The van der Waals surface area contributed by atoms with Gasteiger partial charge in [-0.15, -0.1) is 0 Å². The van der Waals surface area contributed by atoms with Crippen molar-refractivity contribution in [3.8, 4) is 6.07 Å². The van der Waals surface area contributed by atoms with Gasteiger partial charge in [-0.3, -0.25) is 0 Å². The lowest BCUT2D eigenvalue weighted by Crippen LogP contribution is -3.12. The Kier molecular flexibility index (Phi) is 30.8. The normalized spacial score (nSPS) is 10.3. The molecular weight excluding hydrogens is 855 g/mol. The molecule has 0 unspecified atom stereocenters. The van der Waals surface area contributed by atoms with E-state index in [2.05, 4.69) is 139 Å². The van der Waals surface area contributed by atoms with Gasteiger partial charge in [-0.2, -0.15) is 5.26 Å². The molecule has 1 N–H and O–H groups in total. The Morgan fingerprint density at radius 2 is 0.900 bits per heavy atom. The van der Waals surface area contributed by atoms with E-state index in [4.69, 9.17) is 11.8 Å². The summed E-state index contributed by atoms with van der Waals surface area (Å²) < 4.78 is 8.56. The number of quaternary nitrogens is 1. The van der Waals surface area contributed by atoms with Crippen LogP contribution in [0.25, 0.3) is 17.0 Å². The fourth-order valence-corrected chi connectivity index (χ4v) is 7.84. The van der Waals surface area contributed by atoms with Crippen molar-refractivity contribution in [2.45, 2.75) is 144 Å². The Balaban J connectivity index is 0.000000248. The molecule has 2 aromatic carbocycles. The number of pyridine rings is 4. The number of nitrogens with one attached hydrogen (secondary N) is 1. The molecule has 0 amide bonds. The standard InChI is InChI=1S/C18H39N.C16H19N3.C15H13N2.C14H14N/c1-4-7-10-13-16-19(17-14-11-8-5-2)18-15-12-9-6-3;1-15-5-11-18(12-6-15)9-3-4-10-19-13-7-16(17-2)8-14-19;1-2-13-3-5-15(6-4-13)12-17-9-7-14(11-16)8-10-17;1-2-13-6-8-14(9-7-13)12-15-10-4-3-5-11-15/h4-18H2,1-3H3;5-8,11-14H,3-4,9-10H2,1H3;2-10H,1,12H2;2-11H,1,12H2/q;+2;2*+1/p+1. The third-order valence-corrected chi connectivity index (χ3v) is 12.3. The van der Waals surface area contributed by atoms with Crippen molar-refractivity contribution in [3.63, 3.8) is 0 Å². The van der Waals surface area contributed by atoms with E-state index in [0.29, 0.717) is 11.3 Å². The number of aromatic nitrogens is 4. The maximum absolute atomic E-state index is 8.71. The van der Waals surface area contributed by atoms with E-state index in [1.807, 2.05) is 101 Å². The molecule has 70 heavy (non-hydrogen) atoms. The number of benzene rings is 2. The predicted molar refractivity (Wildman–Crippen MR) is 291 cm³/mol. The van der Waals surface area contributed by atoms with Gasteiger partial charge in [0.1, 0.15) is 13.1 Å². The van der Waals surface area contributed by atoms with Crippen LogP contribution in [0.5, 0.6) is 0 Å². The topological polar surface area (TPSA) is 48.1 Å². The first-order valence-electron chi connectivity index (χ1n) is 26.2. The summed E-state index contributed by atoms with van der Waals surface area (Å²) in [5.74, 6) is 0. The zero-order valence-electron chi connectivity index (χ0n) is 43.5. The zero-order valence-corrected chi connectivity index (χ0v) is 43.5. The van der Waals surface area contributed by atoms with E-state index in [0.717, 1.165) is 50.1 Å². The fraction of sp³-hybridized carbons (Fsp3) is 0.397. The monoisotopic (exact) mass is 941 g/mol.